The molecule has 0 N–H and O–H groups in total. The second-order valence-corrected chi connectivity index (χ2v) is 9.76. The van der Waals surface area contributed by atoms with Gasteiger partial charge in [-0.05, 0) is 62.4 Å². The molecule has 5 rings (SSSR count). The number of rotatable bonds is 5. The molecule has 0 spiro atoms. The molecule has 2 aliphatic carbocycles. The molecular weight excluding hydrogens is 441 g/mol. The molecule has 1 saturated carbocycles. The zero-order valence-corrected chi connectivity index (χ0v) is 20.5. The number of allylic oxidation sites excluding steroid dienone is 5. The first-order valence-electron chi connectivity index (χ1n) is 12.9. The number of carbonyl (C=O) groups is 1. The number of piperazine rings is 1. The third-order valence-corrected chi connectivity index (χ3v) is 7.32. The maximum absolute atomic E-state index is 13.8. The Bertz CT molecular complexity index is 1150. The second kappa shape index (κ2) is 10.6. The van der Waals surface area contributed by atoms with Gasteiger partial charge in [0.15, 0.2) is 5.82 Å². The van der Waals surface area contributed by atoms with Gasteiger partial charge in [-0.2, -0.15) is 5.10 Å². The van der Waals surface area contributed by atoms with E-state index in [4.69, 9.17) is 10.1 Å². The van der Waals surface area contributed by atoms with Crippen LogP contribution in [0.15, 0.2) is 54.3 Å². The fourth-order valence-corrected chi connectivity index (χ4v) is 5.26. The Morgan fingerprint density at radius 2 is 1.89 bits per heavy atom. The number of hydrogen-bond acceptors (Lipinski definition) is 4. The highest BCUT2D eigenvalue weighted by atomic mass is 19.1. The van der Waals surface area contributed by atoms with Gasteiger partial charge in [-0.3, -0.25) is 4.79 Å². The van der Waals surface area contributed by atoms with Crippen LogP contribution >= 0.6 is 0 Å². The zero-order chi connectivity index (χ0) is 24.2. The Morgan fingerprint density at radius 3 is 2.66 bits per heavy atom. The molecule has 3 aliphatic rings. The summed E-state index contributed by atoms with van der Waals surface area (Å²) in [5.41, 5.74) is 2.61. The number of aromatic nitrogens is 3. The van der Waals surface area contributed by atoms with Gasteiger partial charge in [0.1, 0.15) is 18.2 Å². The molecule has 2 aromatic rings. The van der Waals surface area contributed by atoms with E-state index in [1.54, 1.807) is 19.1 Å². The van der Waals surface area contributed by atoms with Gasteiger partial charge in [-0.25, -0.2) is 14.1 Å². The van der Waals surface area contributed by atoms with Crippen molar-refractivity contribution in [3.63, 3.8) is 0 Å². The van der Waals surface area contributed by atoms with Crippen LogP contribution in [0.3, 0.4) is 0 Å². The number of benzene rings is 1. The molecule has 1 aliphatic heterocycles. The lowest BCUT2D eigenvalue weighted by molar-refractivity contribution is -0.133. The Kier molecular flexibility index (Phi) is 7.11. The average molecular weight is 476 g/mol. The first-order chi connectivity index (χ1) is 17.1. The molecule has 35 heavy (non-hydrogen) atoms. The van der Waals surface area contributed by atoms with E-state index in [9.17, 15) is 9.18 Å². The highest BCUT2D eigenvalue weighted by Gasteiger charge is 2.27. The molecule has 0 unspecified atom stereocenters. The molecule has 1 aromatic carbocycles. The van der Waals surface area contributed by atoms with E-state index in [1.807, 2.05) is 9.58 Å². The monoisotopic (exact) mass is 475 g/mol. The van der Waals surface area contributed by atoms with Crippen molar-refractivity contribution in [1.82, 2.24) is 24.6 Å². The van der Waals surface area contributed by atoms with Crippen LogP contribution in [-0.4, -0.2) is 56.7 Å². The predicted octanol–water partition coefficient (Wildman–Crippen LogP) is 4.98. The lowest BCUT2D eigenvalue weighted by Gasteiger charge is -2.37. The van der Waals surface area contributed by atoms with Crippen LogP contribution in [0.25, 0.3) is 11.4 Å². The minimum atomic E-state index is -0.236. The molecule has 6 nitrogen and oxygen atoms in total. The zero-order valence-electron chi connectivity index (χ0n) is 20.5. The largest absolute Gasteiger partial charge is 0.368 e. The van der Waals surface area contributed by atoms with Crippen LogP contribution < -0.4 is 0 Å². The Morgan fingerprint density at radius 1 is 1.09 bits per heavy atom. The molecule has 1 aromatic heterocycles. The molecule has 2 heterocycles. The molecule has 0 bridgehead atoms. The molecular formula is C28H34FN5O. The van der Waals surface area contributed by atoms with E-state index < -0.39 is 0 Å². The fourth-order valence-electron chi connectivity index (χ4n) is 5.26. The summed E-state index contributed by atoms with van der Waals surface area (Å²) in [5.74, 6) is 1.64. The quantitative estimate of drug-likeness (QED) is 0.612. The summed E-state index contributed by atoms with van der Waals surface area (Å²) in [6.07, 6.45) is 17.5. The molecule has 184 valence electrons. The maximum Gasteiger partial charge on any atom is 0.244 e. The number of amides is 1. The van der Waals surface area contributed by atoms with E-state index in [2.05, 4.69) is 35.3 Å². The molecule has 0 radical (unpaired) electrons. The third-order valence-electron chi connectivity index (χ3n) is 7.32. The summed E-state index contributed by atoms with van der Waals surface area (Å²) in [6.45, 7) is 5.02. The van der Waals surface area contributed by atoms with Gasteiger partial charge in [0, 0.05) is 43.4 Å². The average Bonchev–Trinajstić information content (AvgIpc) is 3.51. The fraction of sp³-hybridized carbons (Fsp3) is 0.464. The van der Waals surface area contributed by atoms with E-state index in [1.165, 1.54) is 24.6 Å². The van der Waals surface area contributed by atoms with Crippen molar-refractivity contribution >= 4 is 5.91 Å². The van der Waals surface area contributed by atoms with Gasteiger partial charge in [0.2, 0.25) is 5.91 Å². The van der Waals surface area contributed by atoms with Gasteiger partial charge >= 0.3 is 0 Å². The standard InChI is InChI=1S/C28H34FN5O/c1-21-19-23(13-14-25(21)29)27-30-28(22-9-7-8-10-22)34(31-27)20-26(35)33-17-15-32(16-18-33)24-11-5-3-2-4-6-12-24/h2-3,5,11-14,19,22H,4,6-10,15-18,20H2,1H3/b3-2+,11-5-,24-12+. The normalized spacial score (nSPS) is 22.4. The molecule has 1 amide bonds. The van der Waals surface area contributed by atoms with E-state index in [-0.39, 0.29) is 18.3 Å². The number of aryl methyl sites for hydroxylation is 1. The van der Waals surface area contributed by atoms with E-state index in [0.717, 1.165) is 50.2 Å². The molecule has 2 fully saturated rings. The first kappa shape index (κ1) is 23.5. The van der Waals surface area contributed by atoms with Gasteiger partial charge in [-0.15, -0.1) is 0 Å². The van der Waals surface area contributed by atoms with Crippen LogP contribution in [0.2, 0.25) is 0 Å². The first-order valence-corrected chi connectivity index (χ1v) is 12.9. The number of carbonyl (C=O) groups excluding carboxylic acids is 1. The topological polar surface area (TPSA) is 54.3 Å². The third kappa shape index (κ3) is 5.39. The van der Waals surface area contributed by atoms with Crippen LogP contribution in [0.4, 0.5) is 4.39 Å². The van der Waals surface area contributed by atoms with Crippen LogP contribution in [-0.2, 0) is 11.3 Å². The van der Waals surface area contributed by atoms with E-state index >= 15 is 0 Å². The highest BCUT2D eigenvalue weighted by Crippen LogP contribution is 2.34. The smallest absolute Gasteiger partial charge is 0.244 e. The summed E-state index contributed by atoms with van der Waals surface area (Å²) < 4.78 is 15.6. The van der Waals surface area contributed by atoms with Gasteiger partial charge in [0.25, 0.3) is 0 Å². The highest BCUT2D eigenvalue weighted by molar-refractivity contribution is 5.76. The summed E-state index contributed by atoms with van der Waals surface area (Å²) in [5, 5.41) is 4.74. The van der Waals surface area contributed by atoms with Crippen molar-refractivity contribution in [2.45, 2.75) is 57.9 Å². The molecule has 1 saturated heterocycles. The van der Waals surface area contributed by atoms with Crippen molar-refractivity contribution in [3.8, 4) is 11.4 Å². The van der Waals surface area contributed by atoms with E-state index in [0.29, 0.717) is 30.4 Å². The number of halogens is 1. The van der Waals surface area contributed by atoms with Crippen molar-refractivity contribution < 1.29 is 9.18 Å². The number of nitrogens with zero attached hydrogens (tertiary/aromatic N) is 5. The summed E-state index contributed by atoms with van der Waals surface area (Å²) >= 11 is 0. The second-order valence-electron chi connectivity index (χ2n) is 9.76. The number of hydrogen-bond donors (Lipinski definition) is 0. The van der Waals surface area contributed by atoms with Gasteiger partial charge < -0.3 is 9.80 Å². The van der Waals surface area contributed by atoms with Crippen molar-refractivity contribution in [2.75, 3.05) is 26.2 Å². The van der Waals surface area contributed by atoms with Crippen LogP contribution in [0, 0.1) is 12.7 Å². The molecule has 7 heteroatoms. The van der Waals surface area contributed by atoms with Crippen LogP contribution in [0.1, 0.15) is 55.8 Å². The summed E-state index contributed by atoms with van der Waals surface area (Å²) in [4.78, 5) is 22.5. The van der Waals surface area contributed by atoms with Gasteiger partial charge in [-0.1, -0.05) is 37.1 Å². The Balaban J connectivity index is 1.29. The minimum absolute atomic E-state index is 0.0840. The van der Waals surface area contributed by atoms with Crippen molar-refractivity contribution in [3.05, 3.63) is 71.5 Å². The summed E-state index contributed by atoms with van der Waals surface area (Å²) in [6, 6.07) is 4.96. The lowest BCUT2D eigenvalue weighted by atomic mass is 10.1. The van der Waals surface area contributed by atoms with Gasteiger partial charge in [0.05, 0.1) is 0 Å². The molecule has 0 atom stereocenters. The SMILES string of the molecule is Cc1cc(-c2nc(C3CCCC3)n(CC(=O)N3CCN(C4=C/CC/C=C/C=C\4)CC3)n2)ccc1F. The maximum atomic E-state index is 13.8. The van der Waals surface area contributed by atoms with Crippen LogP contribution in [0.5, 0.6) is 0 Å². The lowest BCUT2D eigenvalue weighted by Crippen LogP contribution is -2.49. The Hall–Kier alpha value is -3.22. The van der Waals surface area contributed by atoms with Crippen molar-refractivity contribution in [1.29, 1.82) is 0 Å². The predicted molar refractivity (Wildman–Crippen MR) is 135 cm³/mol. The van der Waals surface area contributed by atoms with Crippen molar-refractivity contribution in [2.24, 2.45) is 0 Å². The Labute approximate surface area is 206 Å². The minimum Gasteiger partial charge on any atom is -0.368 e. The summed E-state index contributed by atoms with van der Waals surface area (Å²) in [7, 11) is 0.